The third-order valence-electron chi connectivity index (χ3n) is 11.0. The Labute approximate surface area is 347 Å². The molecule has 4 aromatic rings. The summed E-state index contributed by atoms with van der Waals surface area (Å²) in [6.07, 6.45) is 9.60. The summed E-state index contributed by atoms with van der Waals surface area (Å²) in [4.78, 5) is 10.4. The van der Waals surface area contributed by atoms with E-state index in [2.05, 4.69) is 0 Å². The first-order valence-electron chi connectivity index (χ1n) is 18.4. The van der Waals surface area contributed by atoms with Crippen LogP contribution in [0.5, 0.6) is 0 Å². The summed E-state index contributed by atoms with van der Waals surface area (Å²) < 4.78 is 141. The number of allylic oxidation sites excluding steroid dienone is 6. The van der Waals surface area contributed by atoms with Crippen molar-refractivity contribution in [1.82, 2.24) is 0 Å². The number of likely N-dealkylation sites (N-methyl/N-ethyl adjacent to an activating group) is 1. The van der Waals surface area contributed by atoms with Crippen LogP contribution < -0.4 is 4.90 Å². The van der Waals surface area contributed by atoms with E-state index >= 15 is 0 Å². The van der Waals surface area contributed by atoms with Crippen LogP contribution in [0.4, 0.5) is 11.4 Å². The van der Waals surface area contributed by atoms with Crippen LogP contribution in [0, 0.1) is 0 Å². The van der Waals surface area contributed by atoms with Crippen molar-refractivity contribution in [2.45, 2.75) is 84.3 Å². The van der Waals surface area contributed by atoms with Crippen molar-refractivity contribution in [2.24, 2.45) is 0 Å². The van der Waals surface area contributed by atoms with Crippen molar-refractivity contribution < 1.29 is 66.4 Å². The van der Waals surface area contributed by atoms with E-state index in [9.17, 15) is 61.8 Å². The van der Waals surface area contributed by atoms with Crippen molar-refractivity contribution in [3.05, 3.63) is 95.7 Å². The van der Waals surface area contributed by atoms with Crippen molar-refractivity contribution >= 4 is 85.1 Å². The highest BCUT2D eigenvalue weighted by molar-refractivity contribution is 7.87. The van der Waals surface area contributed by atoms with Gasteiger partial charge in [0.2, 0.25) is 5.69 Å². The second kappa shape index (κ2) is 15.3. The molecule has 0 amide bonds. The summed E-state index contributed by atoms with van der Waals surface area (Å²) >= 11 is 0. The van der Waals surface area contributed by atoms with Gasteiger partial charge in [-0.05, 0) is 86.0 Å². The van der Waals surface area contributed by atoms with Gasteiger partial charge in [0.1, 0.15) is 16.3 Å². The van der Waals surface area contributed by atoms with Crippen LogP contribution in [0.25, 0.3) is 21.5 Å². The van der Waals surface area contributed by atoms with E-state index < -0.39 is 76.9 Å². The van der Waals surface area contributed by atoms with Gasteiger partial charge in [-0.2, -0.15) is 38.2 Å². The van der Waals surface area contributed by atoms with Gasteiger partial charge in [-0.15, -0.1) is 0 Å². The van der Waals surface area contributed by atoms with E-state index in [-0.39, 0.29) is 28.0 Å². The number of aliphatic carboxylic acids is 1. The molecular weight excluding hydrogens is 861 g/mol. The van der Waals surface area contributed by atoms with Crippen LogP contribution in [0.1, 0.15) is 65.0 Å². The van der Waals surface area contributed by atoms with Gasteiger partial charge in [-0.25, -0.2) is 0 Å². The third kappa shape index (κ3) is 8.05. The Morgan fingerprint density at radius 1 is 0.667 bits per heavy atom. The van der Waals surface area contributed by atoms with Crippen molar-refractivity contribution in [3.8, 4) is 0 Å². The van der Waals surface area contributed by atoms with Crippen molar-refractivity contribution in [3.63, 3.8) is 0 Å². The average Bonchev–Trinajstić information content (AvgIpc) is 3.48. The zero-order valence-corrected chi connectivity index (χ0v) is 36.2. The smallest absolute Gasteiger partial charge is 0.303 e. The molecule has 4 aromatic carbocycles. The molecule has 20 heteroatoms. The SMILES string of the molecule is CCN1C(=CC=CC=CC2=[N+](CCCCC(=O)O)c3ccc4c(S(=O)(=O)O)cc(S(=O)(=O)O)cc4c3C2(C)C)C(C)(C)c2c1ccc1c(S(=O)(=O)O)cc(S(=O)(=O)O)cc21. The molecule has 2 aliphatic rings. The molecule has 60 heavy (non-hydrogen) atoms. The monoisotopic (exact) mass is 903 g/mol. The molecule has 2 heterocycles. The van der Waals surface area contributed by atoms with Gasteiger partial charge in [-0.1, -0.05) is 38.1 Å². The van der Waals surface area contributed by atoms with E-state index in [0.29, 0.717) is 66.3 Å². The number of nitrogens with zero attached hydrogens (tertiary/aromatic N) is 2. The number of rotatable bonds is 13. The lowest BCUT2D eigenvalue weighted by molar-refractivity contribution is -0.438. The first-order valence-corrected chi connectivity index (χ1v) is 24.2. The van der Waals surface area contributed by atoms with E-state index in [1.165, 1.54) is 18.2 Å². The molecule has 0 atom stereocenters. The van der Waals surface area contributed by atoms with Gasteiger partial charge in [0.25, 0.3) is 40.5 Å². The Kier molecular flexibility index (Phi) is 11.4. The van der Waals surface area contributed by atoms with Crippen LogP contribution in [0.15, 0.2) is 104 Å². The Hall–Kier alpha value is -4.80. The molecule has 2 aliphatic heterocycles. The molecule has 0 unspecified atom stereocenters. The van der Waals surface area contributed by atoms with Crippen LogP contribution in [0.2, 0.25) is 0 Å². The van der Waals surface area contributed by atoms with Crippen LogP contribution in [-0.4, -0.2) is 86.3 Å². The molecule has 320 valence electrons. The summed E-state index contributed by atoms with van der Waals surface area (Å²) in [5.41, 5.74) is 1.91. The highest BCUT2D eigenvalue weighted by Gasteiger charge is 2.46. The Morgan fingerprint density at radius 3 is 1.70 bits per heavy atom. The molecule has 5 N–H and O–H groups in total. The Balaban J connectivity index is 1.45. The van der Waals surface area contributed by atoms with Gasteiger partial charge < -0.3 is 10.0 Å². The summed E-state index contributed by atoms with van der Waals surface area (Å²) in [6, 6.07) is 9.94. The fourth-order valence-corrected chi connectivity index (χ4v) is 11.2. The van der Waals surface area contributed by atoms with E-state index in [0.717, 1.165) is 11.8 Å². The normalized spacial score (nSPS) is 17.5. The lowest BCUT2D eigenvalue weighted by Crippen LogP contribution is -2.28. The average molecular weight is 904 g/mol. The maximum Gasteiger partial charge on any atom is 0.303 e. The molecule has 6 rings (SSSR count). The molecule has 0 saturated heterocycles. The molecule has 0 aliphatic carbocycles. The first kappa shape index (κ1) is 44.7. The molecule has 0 radical (unpaired) electrons. The number of benzene rings is 4. The van der Waals surface area contributed by atoms with Gasteiger partial charge >= 0.3 is 5.97 Å². The fraction of sp³-hybridized carbons (Fsp3) is 0.300. The highest BCUT2D eigenvalue weighted by atomic mass is 32.2. The van der Waals surface area contributed by atoms with Crippen LogP contribution >= 0.6 is 0 Å². The molecule has 0 bridgehead atoms. The largest absolute Gasteiger partial charge is 0.481 e. The minimum Gasteiger partial charge on any atom is -0.481 e. The maximum absolute atomic E-state index is 12.5. The van der Waals surface area contributed by atoms with E-state index in [1.54, 1.807) is 30.4 Å². The maximum atomic E-state index is 12.5. The van der Waals surface area contributed by atoms with Gasteiger partial charge in [-0.3, -0.25) is 23.0 Å². The number of carbonyl (C=O) groups is 1. The molecular formula is C40H43N2O14S4+. The summed E-state index contributed by atoms with van der Waals surface area (Å²) in [7, 11) is -19.7. The summed E-state index contributed by atoms with van der Waals surface area (Å²) in [5.74, 6) is -0.962. The highest BCUT2D eigenvalue weighted by Crippen LogP contribution is 2.52. The number of hydrogen-bond acceptors (Lipinski definition) is 10. The number of carboxylic acid groups (broad SMARTS) is 1. The van der Waals surface area contributed by atoms with Gasteiger partial charge in [0, 0.05) is 64.7 Å². The number of carboxylic acids is 1. The van der Waals surface area contributed by atoms with Crippen molar-refractivity contribution in [2.75, 3.05) is 18.0 Å². The summed E-state index contributed by atoms with van der Waals surface area (Å²) in [6.45, 7) is 10.1. The van der Waals surface area contributed by atoms with E-state index in [4.69, 9.17) is 0 Å². The Morgan fingerprint density at radius 2 is 1.20 bits per heavy atom. The number of unbranched alkanes of at least 4 members (excludes halogenated alkanes) is 1. The number of hydrogen-bond donors (Lipinski definition) is 5. The molecule has 16 nitrogen and oxygen atoms in total. The zero-order chi connectivity index (χ0) is 44.5. The minimum atomic E-state index is -4.96. The van der Waals surface area contributed by atoms with Crippen LogP contribution in [0.3, 0.4) is 0 Å². The molecule has 0 spiro atoms. The number of anilines is 1. The standard InChI is InChI=1S/C40H42N2O14S4/c1-6-41-30-17-15-26-28(20-24(57(45,46)47)22-32(26)59(51,52)53)37(30)39(2,3)34(41)12-8-7-9-13-35-40(4,5)38-29-21-25(58(48,49)50)23-33(60(54,55)56)27(29)16-18-31(38)42(35)19-11-10-14-36(43)44/h7-9,12-13,15-18,20-23H,6,10-11,14,19H2,1-5H3,(H4-,43,44,45,46,47,48,49,50,51,52,53,54,55,56)/p+1. The predicted molar refractivity (Wildman–Crippen MR) is 224 cm³/mol. The van der Waals surface area contributed by atoms with Gasteiger partial charge in [0.15, 0.2) is 5.71 Å². The lowest BCUT2D eigenvalue weighted by Gasteiger charge is -2.26. The number of fused-ring (bicyclic) bond motifs is 6. The molecule has 0 fully saturated rings. The minimum absolute atomic E-state index is 0.0242. The lowest BCUT2D eigenvalue weighted by atomic mass is 9.79. The topological polar surface area (TPSA) is 261 Å². The fourth-order valence-electron chi connectivity index (χ4n) is 8.49. The van der Waals surface area contributed by atoms with E-state index in [1.807, 2.05) is 56.2 Å². The molecule has 0 aromatic heterocycles. The van der Waals surface area contributed by atoms with Crippen molar-refractivity contribution in [1.29, 1.82) is 0 Å². The second-order valence-corrected chi connectivity index (χ2v) is 21.2. The predicted octanol–water partition coefficient (Wildman–Crippen LogP) is 6.42. The zero-order valence-electron chi connectivity index (χ0n) is 33.0. The first-order chi connectivity index (χ1) is 27.6. The summed E-state index contributed by atoms with van der Waals surface area (Å²) in [5, 5.41) is 9.69. The van der Waals surface area contributed by atoms with Crippen LogP contribution in [-0.2, 0) is 56.1 Å². The Bertz CT molecular complexity index is 3110. The third-order valence-corrected chi connectivity index (χ3v) is 14.5. The quantitative estimate of drug-likeness (QED) is 0.0419. The van der Waals surface area contributed by atoms with Gasteiger partial charge in [0.05, 0.1) is 15.2 Å². The molecule has 0 saturated carbocycles. The second-order valence-electron chi connectivity index (χ2n) is 15.5.